The lowest BCUT2D eigenvalue weighted by Gasteiger charge is -2.24. The fraction of sp³-hybridized carbons (Fsp3) is 0.692. The SMILES string of the molecule is CCOC(C)(C)CNC(=O)c1c(N)c(CC)nn1C. The Morgan fingerprint density at radius 1 is 1.47 bits per heavy atom. The van der Waals surface area contributed by atoms with Crippen molar-refractivity contribution in [3.63, 3.8) is 0 Å². The van der Waals surface area contributed by atoms with Crippen molar-refractivity contribution in [2.75, 3.05) is 18.9 Å². The molecular weight excluding hydrogens is 244 g/mol. The van der Waals surface area contributed by atoms with E-state index in [0.717, 1.165) is 5.69 Å². The number of ether oxygens (including phenoxy) is 1. The lowest BCUT2D eigenvalue weighted by atomic mass is 10.1. The van der Waals surface area contributed by atoms with E-state index < -0.39 is 5.60 Å². The Bertz CT molecular complexity index is 452. The molecule has 3 N–H and O–H groups in total. The first kappa shape index (κ1) is 15.5. The second kappa shape index (κ2) is 6.06. The van der Waals surface area contributed by atoms with Gasteiger partial charge in [-0.2, -0.15) is 5.10 Å². The lowest BCUT2D eigenvalue weighted by molar-refractivity contribution is -0.00821. The zero-order valence-corrected chi connectivity index (χ0v) is 12.4. The number of rotatable bonds is 6. The quantitative estimate of drug-likeness (QED) is 0.809. The molecule has 0 radical (unpaired) electrons. The van der Waals surface area contributed by atoms with E-state index in [2.05, 4.69) is 10.4 Å². The van der Waals surface area contributed by atoms with Crippen molar-refractivity contribution in [2.24, 2.45) is 7.05 Å². The largest absolute Gasteiger partial charge is 0.395 e. The average molecular weight is 268 g/mol. The minimum atomic E-state index is -0.397. The molecule has 0 saturated carbocycles. The van der Waals surface area contributed by atoms with Crippen molar-refractivity contribution in [3.05, 3.63) is 11.4 Å². The van der Waals surface area contributed by atoms with Crippen molar-refractivity contribution < 1.29 is 9.53 Å². The summed E-state index contributed by atoms with van der Waals surface area (Å²) < 4.78 is 7.06. The summed E-state index contributed by atoms with van der Waals surface area (Å²) in [6.45, 7) is 8.78. The maximum atomic E-state index is 12.2. The molecule has 6 heteroatoms. The highest BCUT2D eigenvalue weighted by Gasteiger charge is 2.23. The molecule has 0 aromatic carbocycles. The van der Waals surface area contributed by atoms with E-state index in [0.29, 0.717) is 31.0 Å². The minimum absolute atomic E-state index is 0.222. The summed E-state index contributed by atoms with van der Waals surface area (Å²) in [5.41, 5.74) is 7.15. The van der Waals surface area contributed by atoms with Gasteiger partial charge in [-0.25, -0.2) is 0 Å². The van der Waals surface area contributed by atoms with Gasteiger partial charge >= 0.3 is 0 Å². The van der Waals surface area contributed by atoms with Gasteiger partial charge in [0.2, 0.25) is 0 Å². The molecule has 1 aromatic rings. The molecule has 1 rings (SSSR count). The van der Waals surface area contributed by atoms with Gasteiger partial charge in [-0.3, -0.25) is 9.48 Å². The summed E-state index contributed by atoms with van der Waals surface area (Å²) in [4.78, 5) is 12.2. The van der Waals surface area contributed by atoms with E-state index in [-0.39, 0.29) is 5.91 Å². The molecule has 0 aliphatic heterocycles. The number of nitrogens with zero attached hydrogens (tertiary/aromatic N) is 2. The number of anilines is 1. The first-order chi connectivity index (χ1) is 8.82. The van der Waals surface area contributed by atoms with Gasteiger partial charge < -0.3 is 15.8 Å². The van der Waals surface area contributed by atoms with Crippen LogP contribution in [0.2, 0.25) is 0 Å². The molecule has 108 valence electrons. The summed E-state index contributed by atoms with van der Waals surface area (Å²) in [6.07, 6.45) is 0.706. The number of carbonyl (C=O) groups excluding carboxylic acids is 1. The smallest absolute Gasteiger partial charge is 0.271 e. The standard InChI is InChI=1S/C13H24N4O2/c1-6-9-10(14)11(17(5)16-9)12(18)15-8-13(3,4)19-7-2/h6-8,14H2,1-5H3,(H,15,18). The van der Waals surface area contributed by atoms with Crippen LogP contribution in [0.1, 0.15) is 43.9 Å². The van der Waals surface area contributed by atoms with E-state index in [4.69, 9.17) is 10.5 Å². The zero-order valence-electron chi connectivity index (χ0n) is 12.4. The van der Waals surface area contributed by atoms with Crippen LogP contribution in [-0.2, 0) is 18.2 Å². The van der Waals surface area contributed by atoms with Gasteiger partial charge in [-0.15, -0.1) is 0 Å². The summed E-state index contributed by atoms with van der Waals surface area (Å²) >= 11 is 0. The Labute approximate surface area is 114 Å². The number of hydrogen-bond donors (Lipinski definition) is 2. The third-order valence-corrected chi connectivity index (χ3v) is 2.92. The van der Waals surface area contributed by atoms with E-state index in [1.165, 1.54) is 4.68 Å². The van der Waals surface area contributed by atoms with Gasteiger partial charge in [0, 0.05) is 20.2 Å². The van der Waals surface area contributed by atoms with Crippen molar-refractivity contribution in [1.82, 2.24) is 15.1 Å². The van der Waals surface area contributed by atoms with Gasteiger partial charge in [-0.05, 0) is 27.2 Å². The molecule has 1 heterocycles. The highest BCUT2D eigenvalue weighted by atomic mass is 16.5. The van der Waals surface area contributed by atoms with E-state index in [1.54, 1.807) is 7.05 Å². The monoisotopic (exact) mass is 268 g/mol. The van der Waals surface area contributed by atoms with Crippen molar-refractivity contribution >= 4 is 11.6 Å². The van der Waals surface area contributed by atoms with E-state index in [1.807, 2.05) is 27.7 Å². The first-order valence-electron chi connectivity index (χ1n) is 6.55. The van der Waals surface area contributed by atoms with Gasteiger partial charge in [0.15, 0.2) is 0 Å². The average Bonchev–Trinajstić information content (AvgIpc) is 2.61. The van der Waals surface area contributed by atoms with E-state index in [9.17, 15) is 4.79 Å². The van der Waals surface area contributed by atoms with Crippen LogP contribution in [0.5, 0.6) is 0 Å². The van der Waals surface area contributed by atoms with Crippen molar-refractivity contribution in [1.29, 1.82) is 0 Å². The van der Waals surface area contributed by atoms with Crippen LogP contribution in [0.3, 0.4) is 0 Å². The van der Waals surface area contributed by atoms with Crippen LogP contribution in [0, 0.1) is 0 Å². The Hall–Kier alpha value is -1.56. The zero-order chi connectivity index (χ0) is 14.6. The Morgan fingerprint density at radius 2 is 2.11 bits per heavy atom. The summed E-state index contributed by atoms with van der Waals surface area (Å²) in [6, 6.07) is 0. The van der Waals surface area contributed by atoms with Crippen LogP contribution in [-0.4, -0.2) is 34.4 Å². The number of nitrogen functional groups attached to an aromatic ring is 1. The highest BCUT2D eigenvalue weighted by Crippen LogP contribution is 2.17. The molecule has 0 aliphatic rings. The van der Waals surface area contributed by atoms with Crippen LogP contribution >= 0.6 is 0 Å². The maximum Gasteiger partial charge on any atom is 0.271 e. The molecule has 6 nitrogen and oxygen atoms in total. The third-order valence-electron chi connectivity index (χ3n) is 2.92. The Kier molecular flexibility index (Phi) is 4.94. The molecule has 19 heavy (non-hydrogen) atoms. The van der Waals surface area contributed by atoms with Crippen LogP contribution < -0.4 is 11.1 Å². The highest BCUT2D eigenvalue weighted by molar-refractivity contribution is 5.98. The first-order valence-corrected chi connectivity index (χ1v) is 6.55. The number of aromatic nitrogens is 2. The molecule has 0 atom stereocenters. The second-order valence-corrected chi connectivity index (χ2v) is 5.06. The van der Waals surface area contributed by atoms with E-state index >= 15 is 0 Å². The number of nitrogens with one attached hydrogen (secondary N) is 1. The Balaban J connectivity index is 2.77. The van der Waals surface area contributed by atoms with Crippen molar-refractivity contribution in [3.8, 4) is 0 Å². The normalized spacial score (nSPS) is 11.6. The summed E-state index contributed by atoms with van der Waals surface area (Å²) in [5, 5.41) is 7.07. The number of carbonyl (C=O) groups is 1. The Morgan fingerprint density at radius 3 is 2.58 bits per heavy atom. The molecular formula is C13H24N4O2. The topological polar surface area (TPSA) is 82.2 Å². The van der Waals surface area contributed by atoms with Crippen LogP contribution in [0.4, 0.5) is 5.69 Å². The lowest BCUT2D eigenvalue weighted by Crippen LogP contribution is -2.41. The number of nitrogens with two attached hydrogens (primary N) is 1. The van der Waals surface area contributed by atoms with Gasteiger partial charge in [0.25, 0.3) is 5.91 Å². The van der Waals surface area contributed by atoms with Crippen LogP contribution in [0.15, 0.2) is 0 Å². The molecule has 0 fully saturated rings. The fourth-order valence-corrected chi connectivity index (χ4v) is 1.94. The summed E-state index contributed by atoms with van der Waals surface area (Å²) in [5.74, 6) is -0.222. The number of amides is 1. The molecule has 1 aromatic heterocycles. The fourth-order valence-electron chi connectivity index (χ4n) is 1.94. The third kappa shape index (κ3) is 3.70. The van der Waals surface area contributed by atoms with Gasteiger partial charge in [0.1, 0.15) is 5.69 Å². The molecule has 0 saturated heterocycles. The summed E-state index contributed by atoms with van der Waals surface area (Å²) in [7, 11) is 1.72. The number of hydrogen-bond acceptors (Lipinski definition) is 4. The molecule has 0 spiro atoms. The van der Waals surface area contributed by atoms with Gasteiger partial charge in [0.05, 0.1) is 17.0 Å². The molecule has 1 amide bonds. The van der Waals surface area contributed by atoms with Crippen molar-refractivity contribution in [2.45, 2.75) is 39.7 Å². The maximum absolute atomic E-state index is 12.2. The van der Waals surface area contributed by atoms with Gasteiger partial charge in [-0.1, -0.05) is 6.92 Å². The molecule has 0 bridgehead atoms. The predicted molar refractivity (Wildman–Crippen MR) is 75.0 cm³/mol. The van der Waals surface area contributed by atoms with Crippen LogP contribution in [0.25, 0.3) is 0 Å². The minimum Gasteiger partial charge on any atom is -0.395 e. The predicted octanol–water partition coefficient (Wildman–Crippen LogP) is 1.11. The molecule has 0 unspecified atom stereocenters. The second-order valence-electron chi connectivity index (χ2n) is 5.06. The molecule has 0 aliphatic carbocycles. The number of aryl methyl sites for hydroxylation is 2.